The Labute approximate surface area is 164 Å². The third kappa shape index (κ3) is 2.79. The lowest BCUT2D eigenvalue weighted by molar-refractivity contribution is 0.0794. The van der Waals surface area contributed by atoms with Gasteiger partial charge < -0.3 is 9.42 Å². The summed E-state index contributed by atoms with van der Waals surface area (Å²) in [6, 6.07) is 12.0. The summed E-state index contributed by atoms with van der Waals surface area (Å²) >= 11 is 1.53. The Bertz CT molecular complexity index is 1160. The Kier molecular flexibility index (Phi) is 4.16. The van der Waals surface area contributed by atoms with Crippen molar-refractivity contribution in [2.24, 2.45) is 0 Å². The summed E-state index contributed by atoms with van der Waals surface area (Å²) in [5.41, 5.74) is 1.95. The molecule has 1 fully saturated rings. The molecule has 140 valence electrons. The molecule has 4 heterocycles. The van der Waals surface area contributed by atoms with E-state index in [0.29, 0.717) is 27.9 Å². The second-order valence-electron chi connectivity index (χ2n) is 6.72. The number of likely N-dealkylation sites (tertiary alicyclic amines) is 1. The van der Waals surface area contributed by atoms with Crippen LogP contribution in [0.2, 0.25) is 0 Å². The minimum absolute atomic E-state index is 0.0940. The number of amides is 1. The second-order valence-corrected chi connectivity index (χ2v) is 7.67. The van der Waals surface area contributed by atoms with Gasteiger partial charge in [0.15, 0.2) is 0 Å². The van der Waals surface area contributed by atoms with E-state index in [1.165, 1.54) is 17.4 Å². The van der Waals surface area contributed by atoms with Crippen LogP contribution < -0.4 is 0 Å². The van der Waals surface area contributed by atoms with Crippen molar-refractivity contribution in [2.45, 2.75) is 12.8 Å². The van der Waals surface area contributed by atoms with Crippen LogP contribution in [0.3, 0.4) is 0 Å². The average molecular weight is 393 g/mol. The molecule has 0 radical (unpaired) electrons. The van der Waals surface area contributed by atoms with Gasteiger partial charge in [0.25, 0.3) is 11.6 Å². The standard InChI is InChI=1S/C21H16FN3O2S/c22-15-7-2-1-6-13(15)19-18-14(21(26)25-9-3-4-10-25)12-16(17-8-5-11-28-17)23-20(18)27-24-19/h1-2,5-8,11-12H,3-4,9-10H2. The highest BCUT2D eigenvalue weighted by Crippen LogP contribution is 2.35. The van der Waals surface area contributed by atoms with Crippen LogP contribution in [0.1, 0.15) is 23.2 Å². The molecule has 0 N–H and O–H groups in total. The molecule has 1 aliphatic rings. The van der Waals surface area contributed by atoms with Crippen LogP contribution in [0.5, 0.6) is 0 Å². The quantitative estimate of drug-likeness (QED) is 0.492. The Balaban J connectivity index is 1.76. The summed E-state index contributed by atoms with van der Waals surface area (Å²) in [7, 11) is 0. The highest BCUT2D eigenvalue weighted by atomic mass is 32.1. The number of carbonyl (C=O) groups is 1. The van der Waals surface area contributed by atoms with Crippen molar-refractivity contribution < 1.29 is 13.7 Å². The summed E-state index contributed by atoms with van der Waals surface area (Å²) < 4.78 is 19.9. The fourth-order valence-electron chi connectivity index (χ4n) is 3.60. The zero-order valence-electron chi connectivity index (χ0n) is 14.9. The minimum Gasteiger partial charge on any atom is -0.339 e. The van der Waals surface area contributed by atoms with Crippen molar-refractivity contribution in [2.75, 3.05) is 13.1 Å². The van der Waals surface area contributed by atoms with Gasteiger partial charge in [0, 0.05) is 18.7 Å². The first-order valence-corrected chi connectivity index (χ1v) is 9.99. The van der Waals surface area contributed by atoms with Crippen LogP contribution in [0.4, 0.5) is 4.39 Å². The summed E-state index contributed by atoms with van der Waals surface area (Å²) in [5, 5.41) is 6.49. The topological polar surface area (TPSA) is 59.2 Å². The number of rotatable bonds is 3. The van der Waals surface area contributed by atoms with E-state index < -0.39 is 5.82 Å². The number of hydrogen-bond donors (Lipinski definition) is 0. The van der Waals surface area contributed by atoms with Crippen LogP contribution >= 0.6 is 11.3 Å². The SMILES string of the molecule is O=C(c1cc(-c2cccs2)nc2onc(-c3ccccc3F)c12)N1CCCC1. The molecule has 5 rings (SSSR count). The predicted molar refractivity (Wildman–Crippen MR) is 106 cm³/mol. The van der Waals surface area contributed by atoms with Crippen molar-refractivity contribution >= 4 is 28.3 Å². The first-order chi connectivity index (χ1) is 13.7. The number of halogens is 1. The molecule has 3 aromatic heterocycles. The molecule has 5 nitrogen and oxygen atoms in total. The Morgan fingerprint density at radius 2 is 1.96 bits per heavy atom. The number of nitrogens with zero attached hydrogens (tertiary/aromatic N) is 3. The fourth-order valence-corrected chi connectivity index (χ4v) is 4.28. The smallest absolute Gasteiger partial charge is 0.259 e. The van der Waals surface area contributed by atoms with Crippen LogP contribution in [-0.2, 0) is 0 Å². The van der Waals surface area contributed by atoms with Gasteiger partial charge in [-0.05, 0) is 42.5 Å². The molecular weight excluding hydrogens is 377 g/mol. The highest BCUT2D eigenvalue weighted by Gasteiger charge is 2.27. The first kappa shape index (κ1) is 17.1. The Morgan fingerprint density at radius 1 is 1.14 bits per heavy atom. The monoisotopic (exact) mass is 393 g/mol. The third-order valence-electron chi connectivity index (χ3n) is 4.97. The fraction of sp³-hybridized carbons (Fsp3) is 0.190. The Morgan fingerprint density at radius 3 is 2.71 bits per heavy atom. The number of carbonyl (C=O) groups excluding carboxylic acids is 1. The number of fused-ring (bicyclic) bond motifs is 1. The minimum atomic E-state index is -0.417. The molecule has 0 bridgehead atoms. The van der Waals surface area contributed by atoms with Gasteiger partial charge in [-0.3, -0.25) is 4.79 Å². The third-order valence-corrected chi connectivity index (χ3v) is 5.87. The van der Waals surface area contributed by atoms with Crippen molar-refractivity contribution in [1.29, 1.82) is 0 Å². The zero-order valence-corrected chi connectivity index (χ0v) is 15.7. The predicted octanol–water partition coefficient (Wildman–Crippen LogP) is 4.99. The molecule has 28 heavy (non-hydrogen) atoms. The Hall–Kier alpha value is -3.06. The lowest BCUT2D eigenvalue weighted by atomic mass is 10.0. The average Bonchev–Trinajstić information content (AvgIpc) is 3.48. The van der Waals surface area contributed by atoms with Crippen molar-refractivity contribution in [3.05, 3.63) is 59.2 Å². The highest BCUT2D eigenvalue weighted by molar-refractivity contribution is 7.13. The number of hydrogen-bond acceptors (Lipinski definition) is 5. The molecule has 4 aromatic rings. The van der Waals surface area contributed by atoms with E-state index >= 15 is 0 Å². The number of aromatic nitrogens is 2. The van der Waals surface area contributed by atoms with Gasteiger partial charge >= 0.3 is 0 Å². The largest absolute Gasteiger partial charge is 0.339 e. The molecule has 0 unspecified atom stereocenters. The van der Waals surface area contributed by atoms with E-state index in [-0.39, 0.29) is 11.6 Å². The van der Waals surface area contributed by atoms with Crippen molar-refractivity contribution in [3.8, 4) is 21.8 Å². The molecule has 0 saturated carbocycles. The van der Waals surface area contributed by atoms with Gasteiger partial charge in [0.1, 0.15) is 11.5 Å². The second kappa shape index (κ2) is 6.83. The molecule has 0 spiro atoms. The van der Waals surface area contributed by atoms with Gasteiger partial charge in [-0.2, -0.15) is 0 Å². The van der Waals surface area contributed by atoms with Gasteiger partial charge in [0.2, 0.25) is 0 Å². The van der Waals surface area contributed by atoms with Gasteiger partial charge in [-0.1, -0.05) is 23.4 Å². The normalized spacial score (nSPS) is 14.1. The summed E-state index contributed by atoms with van der Waals surface area (Å²) in [5.74, 6) is -0.511. The van der Waals surface area contributed by atoms with E-state index in [9.17, 15) is 9.18 Å². The van der Waals surface area contributed by atoms with E-state index in [1.807, 2.05) is 22.4 Å². The van der Waals surface area contributed by atoms with E-state index in [4.69, 9.17) is 4.52 Å². The number of pyridine rings is 1. The van der Waals surface area contributed by atoms with Crippen LogP contribution in [0.15, 0.2) is 52.4 Å². The lowest BCUT2D eigenvalue weighted by Gasteiger charge is -2.16. The summed E-state index contributed by atoms with van der Waals surface area (Å²) in [4.78, 5) is 20.6. The molecule has 0 atom stereocenters. The van der Waals surface area contributed by atoms with E-state index in [2.05, 4.69) is 10.1 Å². The maximum atomic E-state index is 14.4. The summed E-state index contributed by atoms with van der Waals surface area (Å²) in [6.45, 7) is 1.44. The van der Waals surface area contributed by atoms with Gasteiger partial charge in [0.05, 0.1) is 21.5 Å². The number of thiophene rings is 1. The van der Waals surface area contributed by atoms with E-state index in [0.717, 1.165) is 30.8 Å². The van der Waals surface area contributed by atoms with Gasteiger partial charge in [-0.15, -0.1) is 11.3 Å². The van der Waals surface area contributed by atoms with Crippen LogP contribution in [-0.4, -0.2) is 34.0 Å². The molecular formula is C21H16FN3O2S. The molecule has 1 amide bonds. The number of benzene rings is 1. The molecule has 0 aliphatic carbocycles. The maximum absolute atomic E-state index is 14.4. The van der Waals surface area contributed by atoms with Crippen molar-refractivity contribution in [3.63, 3.8) is 0 Å². The van der Waals surface area contributed by atoms with Crippen molar-refractivity contribution in [1.82, 2.24) is 15.0 Å². The maximum Gasteiger partial charge on any atom is 0.259 e. The molecule has 1 aliphatic heterocycles. The molecule has 1 saturated heterocycles. The first-order valence-electron chi connectivity index (χ1n) is 9.11. The van der Waals surface area contributed by atoms with Gasteiger partial charge in [-0.25, -0.2) is 9.37 Å². The van der Waals surface area contributed by atoms with Crippen LogP contribution in [0, 0.1) is 5.82 Å². The van der Waals surface area contributed by atoms with Crippen LogP contribution in [0.25, 0.3) is 32.9 Å². The zero-order chi connectivity index (χ0) is 19.1. The molecule has 7 heteroatoms. The lowest BCUT2D eigenvalue weighted by Crippen LogP contribution is -2.27. The van der Waals surface area contributed by atoms with E-state index in [1.54, 1.807) is 24.3 Å². The molecule has 1 aromatic carbocycles. The summed E-state index contributed by atoms with van der Waals surface area (Å²) in [6.07, 6.45) is 1.98.